The molecule has 1 aliphatic heterocycles. The maximum Gasteiger partial charge on any atom is 0.250 e. The van der Waals surface area contributed by atoms with Crippen LogP contribution in [0.3, 0.4) is 0 Å². The SMILES string of the molecule is CCCCC(=O)N1CCC(c2nnc(-c3ccoc3)o2)CC1. The van der Waals surface area contributed by atoms with Gasteiger partial charge in [-0.1, -0.05) is 13.3 Å². The third-order valence-corrected chi connectivity index (χ3v) is 4.15. The van der Waals surface area contributed by atoms with Crippen molar-refractivity contribution in [3.8, 4) is 11.5 Å². The molecule has 0 spiro atoms. The molecule has 0 bridgehead atoms. The molecule has 1 aliphatic rings. The van der Waals surface area contributed by atoms with E-state index < -0.39 is 0 Å². The summed E-state index contributed by atoms with van der Waals surface area (Å²) < 4.78 is 10.8. The third-order valence-electron chi connectivity index (χ3n) is 4.15. The van der Waals surface area contributed by atoms with Crippen LogP contribution in [0.15, 0.2) is 27.4 Å². The van der Waals surface area contributed by atoms with E-state index in [1.165, 1.54) is 0 Å². The minimum Gasteiger partial charge on any atom is -0.472 e. The molecule has 0 saturated carbocycles. The van der Waals surface area contributed by atoms with E-state index in [1.807, 2.05) is 4.90 Å². The van der Waals surface area contributed by atoms with Crippen LogP contribution in [0.2, 0.25) is 0 Å². The summed E-state index contributed by atoms with van der Waals surface area (Å²) in [5.74, 6) is 1.66. The van der Waals surface area contributed by atoms with Crippen molar-refractivity contribution in [3.05, 3.63) is 24.5 Å². The first-order valence-electron chi connectivity index (χ1n) is 7.91. The summed E-state index contributed by atoms with van der Waals surface area (Å²) >= 11 is 0. The van der Waals surface area contributed by atoms with Crippen molar-refractivity contribution in [2.24, 2.45) is 0 Å². The molecule has 1 saturated heterocycles. The van der Waals surface area contributed by atoms with Crippen molar-refractivity contribution in [1.29, 1.82) is 0 Å². The van der Waals surface area contributed by atoms with Gasteiger partial charge in [-0.05, 0) is 25.3 Å². The molecule has 1 fully saturated rings. The summed E-state index contributed by atoms with van der Waals surface area (Å²) in [5.41, 5.74) is 0.797. The normalized spacial score (nSPS) is 16.1. The number of carbonyl (C=O) groups is 1. The average Bonchev–Trinajstić information content (AvgIpc) is 3.23. The first-order chi connectivity index (χ1) is 10.8. The van der Waals surface area contributed by atoms with Crippen LogP contribution in [-0.2, 0) is 4.79 Å². The Morgan fingerprint density at radius 3 is 2.86 bits per heavy atom. The highest BCUT2D eigenvalue weighted by molar-refractivity contribution is 5.76. The number of carbonyl (C=O) groups excluding carboxylic acids is 1. The highest BCUT2D eigenvalue weighted by Gasteiger charge is 2.27. The number of amides is 1. The molecule has 0 aliphatic carbocycles. The Hall–Kier alpha value is -2.11. The summed E-state index contributed by atoms with van der Waals surface area (Å²) in [7, 11) is 0. The predicted molar refractivity (Wildman–Crippen MR) is 80.1 cm³/mol. The van der Waals surface area contributed by atoms with E-state index in [2.05, 4.69) is 17.1 Å². The van der Waals surface area contributed by atoms with E-state index in [9.17, 15) is 4.79 Å². The monoisotopic (exact) mass is 303 g/mol. The van der Waals surface area contributed by atoms with Crippen molar-refractivity contribution in [2.75, 3.05) is 13.1 Å². The molecule has 0 unspecified atom stereocenters. The van der Waals surface area contributed by atoms with Gasteiger partial charge in [-0.3, -0.25) is 4.79 Å². The molecule has 118 valence electrons. The quantitative estimate of drug-likeness (QED) is 0.848. The third kappa shape index (κ3) is 3.21. The number of unbranched alkanes of at least 4 members (excludes halogenated alkanes) is 1. The van der Waals surface area contributed by atoms with Gasteiger partial charge in [0.2, 0.25) is 11.8 Å². The number of piperidine rings is 1. The van der Waals surface area contributed by atoms with Gasteiger partial charge in [-0.2, -0.15) is 0 Å². The molecule has 3 heterocycles. The number of furan rings is 1. The van der Waals surface area contributed by atoms with Crippen molar-refractivity contribution >= 4 is 5.91 Å². The number of rotatable bonds is 5. The van der Waals surface area contributed by atoms with Crippen LogP contribution >= 0.6 is 0 Å². The first-order valence-corrected chi connectivity index (χ1v) is 7.91. The van der Waals surface area contributed by atoms with E-state index >= 15 is 0 Å². The van der Waals surface area contributed by atoms with E-state index in [-0.39, 0.29) is 11.8 Å². The Morgan fingerprint density at radius 1 is 1.36 bits per heavy atom. The fourth-order valence-corrected chi connectivity index (χ4v) is 2.76. The zero-order valence-electron chi connectivity index (χ0n) is 12.8. The second-order valence-electron chi connectivity index (χ2n) is 5.72. The summed E-state index contributed by atoms with van der Waals surface area (Å²) in [6.45, 7) is 3.65. The summed E-state index contributed by atoms with van der Waals surface area (Å²) in [6, 6.07) is 1.80. The van der Waals surface area contributed by atoms with E-state index in [4.69, 9.17) is 8.83 Å². The Balaban J connectivity index is 1.56. The van der Waals surface area contributed by atoms with Gasteiger partial charge in [0.1, 0.15) is 6.26 Å². The summed E-state index contributed by atoms with van der Waals surface area (Å²) in [5, 5.41) is 8.22. The highest BCUT2D eigenvalue weighted by atomic mass is 16.4. The molecule has 1 amide bonds. The Morgan fingerprint density at radius 2 is 2.18 bits per heavy atom. The van der Waals surface area contributed by atoms with Crippen molar-refractivity contribution in [1.82, 2.24) is 15.1 Å². The lowest BCUT2D eigenvalue weighted by Gasteiger charge is -2.30. The maximum atomic E-state index is 12.0. The second-order valence-corrected chi connectivity index (χ2v) is 5.72. The van der Waals surface area contributed by atoms with Crippen LogP contribution < -0.4 is 0 Å². The van der Waals surface area contributed by atoms with Crippen LogP contribution in [0, 0.1) is 0 Å². The van der Waals surface area contributed by atoms with Gasteiger partial charge in [0.15, 0.2) is 0 Å². The van der Waals surface area contributed by atoms with E-state index in [1.54, 1.807) is 18.6 Å². The zero-order valence-corrected chi connectivity index (χ0v) is 12.8. The van der Waals surface area contributed by atoms with E-state index in [0.29, 0.717) is 18.2 Å². The number of likely N-dealkylation sites (tertiary alicyclic amines) is 1. The van der Waals surface area contributed by atoms with Crippen LogP contribution in [-0.4, -0.2) is 34.1 Å². The van der Waals surface area contributed by atoms with Crippen LogP contribution in [0.1, 0.15) is 50.8 Å². The maximum absolute atomic E-state index is 12.0. The lowest BCUT2D eigenvalue weighted by molar-refractivity contribution is -0.132. The molecule has 2 aromatic rings. The fraction of sp³-hybridized carbons (Fsp3) is 0.562. The van der Waals surface area contributed by atoms with E-state index in [0.717, 1.165) is 44.3 Å². The topological polar surface area (TPSA) is 72.4 Å². The molecule has 6 nitrogen and oxygen atoms in total. The van der Waals surface area contributed by atoms with Gasteiger partial charge in [0.05, 0.1) is 11.8 Å². The van der Waals surface area contributed by atoms with Gasteiger partial charge in [0, 0.05) is 25.4 Å². The fourth-order valence-electron chi connectivity index (χ4n) is 2.76. The average molecular weight is 303 g/mol. The first kappa shape index (κ1) is 14.8. The zero-order chi connectivity index (χ0) is 15.4. The number of hydrogen-bond acceptors (Lipinski definition) is 5. The van der Waals surface area contributed by atoms with Crippen molar-refractivity contribution < 1.29 is 13.6 Å². The second kappa shape index (κ2) is 6.77. The van der Waals surface area contributed by atoms with Gasteiger partial charge in [0.25, 0.3) is 5.89 Å². The minimum atomic E-state index is 0.239. The van der Waals surface area contributed by atoms with Gasteiger partial charge in [-0.25, -0.2) is 0 Å². The van der Waals surface area contributed by atoms with Crippen LogP contribution in [0.25, 0.3) is 11.5 Å². The summed E-state index contributed by atoms with van der Waals surface area (Å²) in [4.78, 5) is 14.0. The molecular formula is C16H21N3O3. The molecule has 6 heteroatoms. The molecule has 2 aromatic heterocycles. The molecule has 0 radical (unpaired) electrons. The molecule has 0 atom stereocenters. The largest absolute Gasteiger partial charge is 0.472 e. The summed E-state index contributed by atoms with van der Waals surface area (Å²) in [6.07, 6.45) is 7.62. The lowest BCUT2D eigenvalue weighted by Crippen LogP contribution is -2.37. The van der Waals surface area contributed by atoms with Gasteiger partial charge < -0.3 is 13.7 Å². The van der Waals surface area contributed by atoms with Gasteiger partial charge >= 0.3 is 0 Å². The standard InChI is InChI=1S/C16H21N3O3/c1-2-3-4-14(20)19-8-5-12(6-9-19)15-17-18-16(22-15)13-7-10-21-11-13/h7,10-12H,2-6,8-9H2,1H3. The Bertz CT molecular complexity index is 598. The smallest absolute Gasteiger partial charge is 0.250 e. The molecule has 3 rings (SSSR count). The lowest BCUT2D eigenvalue weighted by atomic mass is 9.96. The predicted octanol–water partition coefficient (Wildman–Crippen LogP) is 3.23. The molecule has 0 N–H and O–H groups in total. The number of nitrogens with zero attached hydrogens (tertiary/aromatic N) is 3. The highest BCUT2D eigenvalue weighted by Crippen LogP contribution is 2.29. The van der Waals surface area contributed by atoms with Gasteiger partial charge in [-0.15, -0.1) is 10.2 Å². The number of hydrogen-bond donors (Lipinski definition) is 0. The molecular weight excluding hydrogens is 282 g/mol. The van der Waals surface area contributed by atoms with Crippen LogP contribution in [0.5, 0.6) is 0 Å². The minimum absolute atomic E-state index is 0.239. The molecule has 22 heavy (non-hydrogen) atoms. The Labute approximate surface area is 129 Å². The number of aromatic nitrogens is 2. The van der Waals surface area contributed by atoms with Crippen molar-refractivity contribution in [2.45, 2.75) is 44.9 Å². The van der Waals surface area contributed by atoms with Crippen LogP contribution in [0.4, 0.5) is 0 Å². The Kier molecular flexibility index (Phi) is 4.56. The molecule has 0 aromatic carbocycles. The van der Waals surface area contributed by atoms with Crippen molar-refractivity contribution in [3.63, 3.8) is 0 Å².